The van der Waals surface area contributed by atoms with Crippen LogP contribution in [0.5, 0.6) is 0 Å². The van der Waals surface area contributed by atoms with Gasteiger partial charge in [-0.15, -0.1) is 0 Å². The third-order valence-corrected chi connectivity index (χ3v) is 4.47. The van der Waals surface area contributed by atoms with E-state index in [4.69, 9.17) is 0 Å². The summed E-state index contributed by atoms with van der Waals surface area (Å²) in [5.74, 6) is 0.634. The molecule has 0 atom stereocenters. The number of aromatic nitrogens is 1. The SMILES string of the molecule is CN(C)c1cc(CNC(=O)N2CCN(c3ccccc3F)CC2)ccn1. The molecule has 2 amide bonds. The molecule has 0 unspecified atom stereocenters. The molecule has 6 nitrogen and oxygen atoms in total. The largest absolute Gasteiger partial charge is 0.366 e. The van der Waals surface area contributed by atoms with Crippen LogP contribution in [0.15, 0.2) is 42.6 Å². The normalized spacial score (nSPS) is 14.3. The van der Waals surface area contributed by atoms with E-state index in [1.54, 1.807) is 23.2 Å². The number of urea groups is 1. The zero-order chi connectivity index (χ0) is 18.5. The van der Waals surface area contributed by atoms with Gasteiger partial charge in [0.15, 0.2) is 0 Å². The van der Waals surface area contributed by atoms with E-state index >= 15 is 0 Å². The van der Waals surface area contributed by atoms with E-state index in [1.165, 1.54) is 6.07 Å². The first kappa shape index (κ1) is 18.0. The minimum absolute atomic E-state index is 0.0959. The van der Waals surface area contributed by atoms with Crippen molar-refractivity contribution in [3.63, 3.8) is 0 Å². The van der Waals surface area contributed by atoms with Gasteiger partial charge in [0, 0.05) is 53.0 Å². The van der Waals surface area contributed by atoms with E-state index in [0.717, 1.165) is 11.4 Å². The number of hydrogen-bond donors (Lipinski definition) is 1. The maximum Gasteiger partial charge on any atom is 0.317 e. The molecule has 0 aliphatic carbocycles. The first-order chi connectivity index (χ1) is 12.5. The first-order valence-electron chi connectivity index (χ1n) is 8.69. The van der Waals surface area contributed by atoms with E-state index in [2.05, 4.69) is 10.3 Å². The van der Waals surface area contributed by atoms with Crippen LogP contribution in [0, 0.1) is 5.82 Å². The van der Waals surface area contributed by atoms with Crippen LogP contribution >= 0.6 is 0 Å². The fraction of sp³-hybridized carbons (Fsp3) is 0.368. The summed E-state index contributed by atoms with van der Waals surface area (Å²) in [6.07, 6.45) is 1.74. The number of nitrogens with one attached hydrogen (secondary N) is 1. The maximum absolute atomic E-state index is 13.9. The topological polar surface area (TPSA) is 51.7 Å². The number of amides is 2. The Labute approximate surface area is 153 Å². The second-order valence-corrected chi connectivity index (χ2v) is 6.50. The van der Waals surface area contributed by atoms with Gasteiger partial charge in [-0.3, -0.25) is 0 Å². The third-order valence-electron chi connectivity index (χ3n) is 4.47. The fourth-order valence-electron chi connectivity index (χ4n) is 2.96. The highest BCUT2D eigenvalue weighted by Gasteiger charge is 2.22. The number of para-hydroxylation sites is 1. The number of carbonyl (C=O) groups excluding carboxylic acids is 1. The Kier molecular flexibility index (Phi) is 5.55. The molecule has 2 heterocycles. The van der Waals surface area contributed by atoms with Gasteiger partial charge in [-0.2, -0.15) is 0 Å². The van der Waals surface area contributed by atoms with Gasteiger partial charge in [-0.1, -0.05) is 12.1 Å². The molecule has 138 valence electrons. The van der Waals surface area contributed by atoms with Crippen LogP contribution in [0.1, 0.15) is 5.56 Å². The maximum atomic E-state index is 13.9. The molecule has 7 heteroatoms. The van der Waals surface area contributed by atoms with Crippen molar-refractivity contribution in [1.82, 2.24) is 15.2 Å². The average molecular weight is 357 g/mol. The fourth-order valence-corrected chi connectivity index (χ4v) is 2.96. The molecule has 0 spiro atoms. The smallest absolute Gasteiger partial charge is 0.317 e. The average Bonchev–Trinajstić information content (AvgIpc) is 2.67. The molecule has 2 aromatic rings. The van der Waals surface area contributed by atoms with Crippen LogP contribution in [-0.2, 0) is 6.54 Å². The Hall–Kier alpha value is -2.83. The molecule has 1 aromatic carbocycles. The summed E-state index contributed by atoms with van der Waals surface area (Å²) in [6.45, 7) is 2.83. The zero-order valence-corrected chi connectivity index (χ0v) is 15.2. The molecular weight excluding hydrogens is 333 g/mol. The Bertz CT molecular complexity index is 759. The van der Waals surface area contributed by atoms with E-state index in [9.17, 15) is 9.18 Å². The second kappa shape index (κ2) is 8.03. The molecule has 26 heavy (non-hydrogen) atoms. The lowest BCUT2D eigenvalue weighted by atomic mass is 10.2. The Morgan fingerprint density at radius 3 is 2.62 bits per heavy atom. The van der Waals surface area contributed by atoms with Crippen LogP contribution in [0.4, 0.5) is 20.7 Å². The lowest BCUT2D eigenvalue weighted by molar-refractivity contribution is 0.194. The number of carbonyl (C=O) groups is 1. The lowest BCUT2D eigenvalue weighted by Crippen LogP contribution is -2.51. The summed E-state index contributed by atoms with van der Waals surface area (Å²) in [5, 5.41) is 2.95. The number of pyridine rings is 1. The monoisotopic (exact) mass is 357 g/mol. The summed E-state index contributed by atoms with van der Waals surface area (Å²) in [7, 11) is 3.86. The molecule has 3 rings (SSSR count). The van der Waals surface area contributed by atoms with E-state index < -0.39 is 0 Å². The molecular formula is C19H24FN5O. The number of halogens is 1. The van der Waals surface area contributed by atoms with Gasteiger partial charge in [0.2, 0.25) is 0 Å². The number of rotatable bonds is 4. The molecule has 1 aliphatic heterocycles. The van der Waals surface area contributed by atoms with Crippen molar-refractivity contribution in [3.05, 3.63) is 54.0 Å². The Morgan fingerprint density at radius 2 is 1.92 bits per heavy atom. The van der Waals surface area contributed by atoms with Crippen molar-refractivity contribution in [1.29, 1.82) is 0 Å². The lowest BCUT2D eigenvalue weighted by Gasteiger charge is -2.36. The van der Waals surface area contributed by atoms with Gasteiger partial charge < -0.3 is 20.0 Å². The summed E-state index contributed by atoms with van der Waals surface area (Å²) in [4.78, 5) is 22.3. The van der Waals surface area contributed by atoms with Crippen molar-refractivity contribution in [2.45, 2.75) is 6.54 Å². The minimum Gasteiger partial charge on any atom is -0.366 e. The molecule has 0 saturated carbocycles. The van der Waals surface area contributed by atoms with Crippen LogP contribution < -0.4 is 15.1 Å². The molecule has 1 saturated heterocycles. The summed E-state index contributed by atoms with van der Waals surface area (Å²) < 4.78 is 13.9. The number of benzene rings is 1. The molecule has 0 radical (unpaired) electrons. The van der Waals surface area contributed by atoms with Gasteiger partial charge >= 0.3 is 6.03 Å². The number of nitrogens with zero attached hydrogens (tertiary/aromatic N) is 4. The summed E-state index contributed by atoms with van der Waals surface area (Å²) >= 11 is 0. The molecule has 1 aliphatic rings. The standard InChI is InChI=1S/C19H24FN5O/c1-23(2)18-13-15(7-8-21-18)14-22-19(26)25-11-9-24(10-12-25)17-6-4-3-5-16(17)20/h3-8,13H,9-12,14H2,1-2H3,(H,22,26). The Balaban J connectivity index is 1.51. The van der Waals surface area contributed by atoms with Crippen LogP contribution in [0.25, 0.3) is 0 Å². The van der Waals surface area contributed by atoms with Gasteiger partial charge in [0.1, 0.15) is 11.6 Å². The van der Waals surface area contributed by atoms with Crippen LogP contribution in [-0.4, -0.2) is 56.2 Å². The zero-order valence-electron chi connectivity index (χ0n) is 15.2. The molecule has 1 fully saturated rings. The van der Waals surface area contributed by atoms with Gasteiger partial charge in [-0.25, -0.2) is 14.2 Å². The second-order valence-electron chi connectivity index (χ2n) is 6.50. The van der Waals surface area contributed by atoms with Crippen molar-refractivity contribution in [2.24, 2.45) is 0 Å². The van der Waals surface area contributed by atoms with Crippen molar-refractivity contribution >= 4 is 17.5 Å². The first-order valence-corrected chi connectivity index (χ1v) is 8.69. The summed E-state index contributed by atoms with van der Waals surface area (Å²) in [6, 6.07) is 10.5. The van der Waals surface area contributed by atoms with Gasteiger partial charge in [0.25, 0.3) is 0 Å². The quantitative estimate of drug-likeness (QED) is 0.912. The predicted molar refractivity (Wildman–Crippen MR) is 101 cm³/mol. The number of piperazine rings is 1. The van der Waals surface area contributed by atoms with Crippen LogP contribution in [0.2, 0.25) is 0 Å². The number of hydrogen-bond acceptors (Lipinski definition) is 4. The van der Waals surface area contributed by atoms with Crippen molar-refractivity contribution < 1.29 is 9.18 Å². The predicted octanol–water partition coefficient (Wildman–Crippen LogP) is 2.32. The molecule has 0 bridgehead atoms. The van der Waals surface area contributed by atoms with Crippen molar-refractivity contribution in [3.8, 4) is 0 Å². The van der Waals surface area contributed by atoms with E-state index in [1.807, 2.05) is 42.1 Å². The highest BCUT2D eigenvalue weighted by atomic mass is 19.1. The van der Waals surface area contributed by atoms with Gasteiger partial charge in [-0.05, 0) is 29.8 Å². The number of anilines is 2. The molecule has 1 aromatic heterocycles. The highest BCUT2D eigenvalue weighted by molar-refractivity contribution is 5.74. The summed E-state index contributed by atoms with van der Waals surface area (Å²) in [5.41, 5.74) is 1.60. The minimum atomic E-state index is -0.222. The molecule has 1 N–H and O–H groups in total. The van der Waals surface area contributed by atoms with Crippen molar-refractivity contribution in [2.75, 3.05) is 50.1 Å². The van der Waals surface area contributed by atoms with E-state index in [-0.39, 0.29) is 11.8 Å². The Morgan fingerprint density at radius 1 is 1.19 bits per heavy atom. The third kappa shape index (κ3) is 4.22. The van der Waals surface area contributed by atoms with E-state index in [0.29, 0.717) is 38.4 Å². The van der Waals surface area contributed by atoms with Gasteiger partial charge in [0.05, 0.1) is 5.69 Å². The highest BCUT2D eigenvalue weighted by Crippen LogP contribution is 2.20. The van der Waals surface area contributed by atoms with Crippen LogP contribution in [0.3, 0.4) is 0 Å².